The predicted molar refractivity (Wildman–Crippen MR) is 87.5 cm³/mol. The van der Waals surface area contributed by atoms with Gasteiger partial charge in [0.2, 0.25) is 0 Å². The van der Waals surface area contributed by atoms with Crippen molar-refractivity contribution in [2.75, 3.05) is 12.4 Å². The third-order valence-electron chi connectivity index (χ3n) is 5.23. The van der Waals surface area contributed by atoms with Crippen LogP contribution in [0.15, 0.2) is 22.7 Å². The first kappa shape index (κ1) is 14.2. The molecule has 0 saturated heterocycles. The van der Waals surface area contributed by atoms with Gasteiger partial charge in [0.1, 0.15) is 5.75 Å². The van der Waals surface area contributed by atoms with Gasteiger partial charge in [-0.2, -0.15) is 0 Å². The Morgan fingerprint density at radius 1 is 1.15 bits per heavy atom. The van der Waals surface area contributed by atoms with Crippen LogP contribution in [-0.4, -0.2) is 13.2 Å². The molecular formula is C17H24BrNO. The molecule has 0 bridgehead atoms. The topological polar surface area (TPSA) is 21.3 Å². The minimum Gasteiger partial charge on any atom is -0.495 e. The van der Waals surface area contributed by atoms with Crippen LogP contribution in [0, 0.1) is 5.41 Å². The van der Waals surface area contributed by atoms with E-state index in [4.69, 9.17) is 4.74 Å². The second kappa shape index (κ2) is 5.97. The summed E-state index contributed by atoms with van der Waals surface area (Å²) in [6, 6.07) is 6.77. The van der Waals surface area contributed by atoms with Crippen LogP contribution in [-0.2, 0) is 0 Å². The number of nitrogens with one attached hydrogen (secondary N) is 1. The van der Waals surface area contributed by atoms with Gasteiger partial charge in [-0.1, -0.05) is 28.8 Å². The number of anilines is 1. The van der Waals surface area contributed by atoms with E-state index in [1.807, 2.05) is 12.1 Å². The van der Waals surface area contributed by atoms with Crippen LogP contribution in [0.5, 0.6) is 5.75 Å². The Labute approximate surface area is 130 Å². The zero-order valence-corrected chi connectivity index (χ0v) is 13.8. The van der Waals surface area contributed by atoms with E-state index in [1.165, 1.54) is 51.4 Å². The number of ether oxygens (including phenoxy) is 1. The molecule has 0 amide bonds. The van der Waals surface area contributed by atoms with Crippen molar-refractivity contribution in [3.05, 3.63) is 22.7 Å². The molecule has 0 unspecified atom stereocenters. The van der Waals surface area contributed by atoms with Crippen LogP contribution < -0.4 is 10.1 Å². The molecule has 1 aromatic rings. The van der Waals surface area contributed by atoms with Gasteiger partial charge in [0.15, 0.2) is 0 Å². The zero-order chi connectivity index (χ0) is 14.0. The van der Waals surface area contributed by atoms with Gasteiger partial charge in [0.05, 0.1) is 12.8 Å². The van der Waals surface area contributed by atoms with E-state index in [0.29, 0.717) is 11.5 Å². The highest BCUT2D eigenvalue weighted by atomic mass is 79.9. The third kappa shape index (κ3) is 2.98. The van der Waals surface area contributed by atoms with Gasteiger partial charge in [-0.3, -0.25) is 0 Å². The standard InChI is InChI=1S/C17H24BrNO/c1-20-16-5-4-13(18)12-15(16)19-14-6-10-17(11-7-14)8-2-3-9-17/h4-5,12,14,19H,2-3,6-11H2,1H3. The van der Waals surface area contributed by atoms with Gasteiger partial charge in [-0.05, 0) is 62.1 Å². The molecule has 2 saturated carbocycles. The van der Waals surface area contributed by atoms with E-state index >= 15 is 0 Å². The third-order valence-corrected chi connectivity index (χ3v) is 5.72. The summed E-state index contributed by atoms with van der Waals surface area (Å²) in [5, 5.41) is 3.69. The lowest BCUT2D eigenvalue weighted by Crippen LogP contribution is -2.31. The van der Waals surface area contributed by atoms with Gasteiger partial charge >= 0.3 is 0 Å². The Morgan fingerprint density at radius 2 is 1.85 bits per heavy atom. The Hall–Kier alpha value is -0.700. The summed E-state index contributed by atoms with van der Waals surface area (Å²) in [4.78, 5) is 0. The molecule has 1 spiro atoms. The highest BCUT2D eigenvalue weighted by Crippen LogP contribution is 2.49. The fraction of sp³-hybridized carbons (Fsp3) is 0.647. The van der Waals surface area contributed by atoms with Crippen LogP contribution in [0.4, 0.5) is 5.69 Å². The summed E-state index contributed by atoms with van der Waals surface area (Å²) in [6.07, 6.45) is 11.3. The minimum atomic E-state index is 0.601. The van der Waals surface area contributed by atoms with E-state index in [1.54, 1.807) is 7.11 Å². The maximum Gasteiger partial charge on any atom is 0.142 e. The number of hydrogen-bond donors (Lipinski definition) is 1. The maximum atomic E-state index is 5.45. The molecule has 1 N–H and O–H groups in total. The smallest absolute Gasteiger partial charge is 0.142 e. The molecule has 0 aromatic heterocycles. The SMILES string of the molecule is COc1ccc(Br)cc1NC1CCC2(CCCC2)CC1. The van der Waals surface area contributed by atoms with Crippen molar-refractivity contribution in [3.8, 4) is 5.75 Å². The zero-order valence-electron chi connectivity index (χ0n) is 12.3. The van der Waals surface area contributed by atoms with Crippen LogP contribution in [0.1, 0.15) is 51.4 Å². The lowest BCUT2D eigenvalue weighted by Gasteiger charge is -2.38. The molecule has 2 aliphatic carbocycles. The largest absolute Gasteiger partial charge is 0.495 e. The molecule has 20 heavy (non-hydrogen) atoms. The van der Waals surface area contributed by atoms with Crippen LogP contribution in [0.3, 0.4) is 0 Å². The average molecular weight is 338 g/mol. The lowest BCUT2D eigenvalue weighted by atomic mass is 9.71. The van der Waals surface area contributed by atoms with Crippen molar-refractivity contribution in [2.45, 2.75) is 57.4 Å². The average Bonchev–Trinajstić information content (AvgIpc) is 2.90. The molecule has 3 heteroatoms. The Balaban J connectivity index is 1.63. The van der Waals surface area contributed by atoms with E-state index in [2.05, 4.69) is 27.3 Å². The number of methoxy groups -OCH3 is 1. The van der Waals surface area contributed by atoms with E-state index in [9.17, 15) is 0 Å². The summed E-state index contributed by atoms with van der Waals surface area (Å²) in [7, 11) is 1.74. The number of hydrogen-bond acceptors (Lipinski definition) is 2. The summed E-state index contributed by atoms with van der Waals surface area (Å²) < 4.78 is 6.55. The fourth-order valence-electron chi connectivity index (χ4n) is 4.01. The number of halogens is 1. The van der Waals surface area contributed by atoms with Crippen LogP contribution in [0.25, 0.3) is 0 Å². The normalized spacial score (nSPS) is 22.1. The highest BCUT2D eigenvalue weighted by molar-refractivity contribution is 9.10. The first-order chi connectivity index (χ1) is 9.71. The quantitative estimate of drug-likeness (QED) is 0.800. The van der Waals surface area contributed by atoms with E-state index < -0.39 is 0 Å². The summed E-state index contributed by atoms with van der Waals surface area (Å²) in [6.45, 7) is 0. The van der Waals surface area contributed by atoms with Crippen molar-refractivity contribution in [2.24, 2.45) is 5.41 Å². The second-order valence-corrected chi connectivity index (χ2v) is 7.39. The van der Waals surface area contributed by atoms with Gasteiger partial charge < -0.3 is 10.1 Å². The first-order valence-corrected chi connectivity index (χ1v) is 8.60. The molecule has 0 atom stereocenters. The second-order valence-electron chi connectivity index (χ2n) is 6.47. The molecule has 0 radical (unpaired) electrons. The molecule has 110 valence electrons. The van der Waals surface area contributed by atoms with Crippen molar-refractivity contribution in [3.63, 3.8) is 0 Å². The lowest BCUT2D eigenvalue weighted by molar-refractivity contribution is 0.188. The van der Waals surface area contributed by atoms with Crippen molar-refractivity contribution in [1.82, 2.24) is 0 Å². The number of benzene rings is 1. The van der Waals surface area contributed by atoms with Crippen LogP contribution in [0.2, 0.25) is 0 Å². The molecule has 2 fully saturated rings. The van der Waals surface area contributed by atoms with Gasteiger partial charge in [0.25, 0.3) is 0 Å². The van der Waals surface area contributed by atoms with Gasteiger partial charge in [-0.25, -0.2) is 0 Å². The number of rotatable bonds is 3. The summed E-state index contributed by atoms with van der Waals surface area (Å²) >= 11 is 3.54. The Kier molecular flexibility index (Phi) is 4.25. The molecule has 2 aliphatic rings. The molecule has 0 aliphatic heterocycles. The van der Waals surface area contributed by atoms with Crippen molar-refractivity contribution < 1.29 is 4.74 Å². The van der Waals surface area contributed by atoms with E-state index in [-0.39, 0.29) is 0 Å². The predicted octanol–water partition coefficient (Wildman–Crippen LogP) is 5.37. The first-order valence-electron chi connectivity index (χ1n) is 7.81. The van der Waals surface area contributed by atoms with Gasteiger partial charge in [0, 0.05) is 10.5 Å². The maximum absolute atomic E-state index is 5.45. The van der Waals surface area contributed by atoms with Crippen LogP contribution >= 0.6 is 15.9 Å². The highest BCUT2D eigenvalue weighted by Gasteiger charge is 2.37. The molecule has 0 heterocycles. The van der Waals surface area contributed by atoms with E-state index in [0.717, 1.165) is 15.9 Å². The van der Waals surface area contributed by atoms with Crippen molar-refractivity contribution >= 4 is 21.6 Å². The minimum absolute atomic E-state index is 0.601. The Morgan fingerprint density at radius 3 is 2.50 bits per heavy atom. The molecular weight excluding hydrogens is 314 g/mol. The monoisotopic (exact) mass is 337 g/mol. The molecule has 2 nitrogen and oxygen atoms in total. The summed E-state index contributed by atoms with van der Waals surface area (Å²) in [5.41, 5.74) is 1.83. The Bertz CT molecular complexity index is 458. The van der Waals surface area contributed by atoms with Gasteiger partial charge in [-0.15, -0.1) is 0 Å². The van der Waals surface area contributed by atoms with Crippen molar-refractivity contribution in [1.29, 1.82) is 0 Å². The summed E-state index contributed by atoms with van der Waals surface area (Å²) in [5.74, 6) is 0.939. The molecule has 1 aromatic carbocycles. The fourth-order valence-corrected chi connectivity index (χ4v) is 4.37. The molecule has 3 rings (SSSR count).